The van der Waals surface area contributed by atoms with Crippen molar-refractivity contribution in [1.29, 1.82) is 0 Å². The number of hydrogen-bond acceptors (Lipinski definition) is 3. The van der Waals surface area contributed by atoms with E-state index in [4.69, 9.17) is 4.74 Å². The highest BCUT2D eigenvalue weighted by Gasteiger charge is 2.32. The molecule has 0 saturated heterocycles. The molecule has 6 heteroatoms. The maximum absolute atomic E-state index is 12.8. The van der Waals surface area contributed by atoms with Gasteiger partial charge in [-0.1, -0.05) is 19.3 Å². The van der Waals surface area contributed by atoms with E-state index in [2.05, 4.69) is 10.3 Å². The normalized spacial score (nSPS) is 17.0. The summed E-state index contributed by atoms with van der Waals surface area (Å²) in [5.41, 5.74) is -0.740. The van der Waals surface area contributed by atoms with E-state index in [1.165, 1.54) is 26.3 Å². The number of hydrogen-bond donors (Lipinski definition) is 1. The predicted molar refractivity (Wildman–Crippen MR) is 70.9 cm³/mol. The van der Waals surface area contributed by atoms with E-state index in [-0.39, 0.29) is 11.7 Å². The summed E-state index contributed by atoms with van der Waals surface area (Å²) in [4.78, 5) is 4.02. The second-order valence-electron chi connectivity index (χ2n) is 5.14. The summed E-state index contributed by atoms with van der Waals surface area (Å²) in [6, 6.07) is 1.94. The summed E-state index contributed by atoms with van der Waals surface area (Å²) in [5, 5.41) is 2.63. The fraction of sp³-hybridized carbons (Fsp3) is 0.643. The molecule has 0 amide bonds. The van der Waals surface area contributed by atoms with Crippen molar-refractivity contribution >= 4 is 5.82 Å². The zero-order valence-corrected chi connectivity index (χ0v) is 11.5. The van der Waals surface area contributed by atoms with E-state index in [1.807, 2.05) is 0 Å². The maximum Gasteiger partial charge on any atom is 0.416 e. The molecule has 1 saturated carbocycles. The number of alkyl halides is 3. The number of halogens is 3. The smallest absolute Gasteiger partial charge is 0.416 e. The minimum Gasteiger partial charge on any atom is -0.477 e. The van der Waals surface area contributed by atoms with Crippen LogP contribution in [0.1, 0.15) is 37.7 Å². The van der Waals surface area contributed by atoms with Gasteiger partial charge in [-0.05, 0) is 24.8 Å². The first-order valence-electron chi connectivity index (χ1n) is 6.89. The Morgan fingerprint density at radius 3 is 2.55 bits per heavy atom. The van der Waals surface area contributed by atoms with Gasteiger partial charge in [0.2, 0.25) is 5.88 Å². The van der Waals surface area contributed by atoms with Gasteiger partial charge in [-0.15, -0.1) is 0 Å². The molecule has 0 spiro atoms. The minimum absolute atomic E-state index is 0.0368. The van der Waals surface area contributed by atoms with Crippen LogP contribution in [0, 0.1) is 5.92 Å². The van der Waals surface area contributed by atoms with Crippen molar-refractivity contribution in [3.05, 3.63) is 17.7 Å². The van der Waals surface area contributed by atoms with Gasteiger partial charge in [-0.3, -0.25) is 0 Å². The summed E-state index contributed by atoms with van der Waals surface area (Å²) in [5.74, 6) is 0.631. The molecule has 1 aliphatic rings. The summed E-state index contributed by atoms with van der Waals surface area (Å²) in [7, 11) is 1.54. The van der Waals surface area contributed by atoms with Crippen molar-refractivity contribution < 1.29 is 17.9 Å². The molecule has 1 heterocycles. The van der Waals surface area contributed by atoms with Crippen molar-refractivity contribution in [3.8, 4) is 5.88 Å². The van der Waals surface area contributed by atoms with Gasteiger partial charge in [-0.2, -0.15) is 18.2 Å². The number of nitrogens with one attached hydrogen (secondary N) is 1. The summed E-state index contributed by atoms with van der Waals surface area (Å²) in [6.07, 6.45) is 1.35. The summed E-state index contributed by atoms with van der Waals surface area (Å²) < 4.78 is 43.8. The Bertz CT molecular complexity index is 443. The Balaban J connectivity index is 2.06. The highest BCUT2D eigenvalue weighted by molar-refractivity contribution is 5.42. The van der Waals surface area contributed by atoms with Crippen LogP contribution in [0.5, 0.6) is 5.88 Å². The van der Waals surface area contributed by atoms with Crippen LogP contribution in [0.15, 0.2) is 12.1 Å². The molecular formula is C14H19F3N2O. The molecule has 1 aromatic heterocycles. The fourth-order valence-corrected chi connectivity index (χ4v) is 2.43. The van der Waals surface area contributed by atoms with Crippen molar-refractivity contribution in [3.63, 3.8) is 0 Å². The van der Waals surface area contributed by atoms with Crippen LogP contribution >= 0.6 is 0 Å². The Labute approximate surface area is 116 Å². The SMILES string of the molecule is CNc1cc(C(F)(F)F)cc(OCC2CCCCC2)n1. The topological polar surface area (TPSA) is 34.1 Å². The van der Waals surface area contributed by atoms with Crippen LogP contribution in [-0.4, -0.2) is 18.6 Å². The van der Waals surface area contributed by atoms with E-state index < -0.39 is 11.7 Å². The fourth-order valence-electron chi connectivity index (χ4n) is 2.43. The van der Waals surface area contributed by atoms with Gasteiger partial charge in [0.1, 0.15) is 5.82 Å². The first-order chi connectivity index (χ1) is 9.49. The monoisotopic (exact) mass is 288 g/mol. The van der Waals surface area contributed by atoms with Crippen molar-refractivity contribution in [2.75, 3.05) is 19.0 Å². The highest BCUT2D eigenvalue weighted by atomic mass is 19.4. The molecule has 3 nitrogen and oxygen atoms in total. The lowest BCUT2D eigenvalue weighted by Crippen LogP contribution is -2.16. The highest BCUT2D eigenvalue weighted by Crippen LogP contribution is 2.33. The van der Waals surface area contributed by atoms with Crippen LogP contribution in [0.2, 0.25) is 0 Å². The largest absolute Gasteiger partial charge is 0.477 e. The van der Waals surface area contributed by atoms with Crippen LogP contribution in [0.25, 0.3) is 0 Å². The third-order valence-corrected chi connectivity index (χ3v) is 3.58. The number of ether oxygens (including phenoxy) is 1. The lowest BCUT2D eigenvalue weighted by atomic mass is 9.90. The molecule has 1 aromatic rings. The molecule has 1 fully saturated rings. The van der Waals surface area contributed by atoms with Gasteiger partial charge in [0.05, 0.1) is 12.2 Å². The number of rotatable bonds is 4. The average Bonchev–Trinajstić information content (AvgIpc) is 2.45. The molecule has 112 valence electrons. The van der Waals surface area contributed by atoms with Crippen molar-refractivity contribution in [2.45, 2.75) is 38.3 Å². The van der Waals surface area contributed by atoms with Gasteiger partial charge in [-0.25, -0.2) is 0 Å². The van der Waals surface area contributed by atoms with E-state index >= 15 is 0 Å². The number of anilines is 1. The number of pyridine rings is 1. The number of nitrogens with zero attached hydrogens (tertiary/aromatic N) is 1. The van der Waals surface area contributed by atoms with E-state index in [0.29, 0.717) is 12.5 Å². The third kappa shape index (κ3) is 4.02. The quantitative estimate of drug-likeness (QED) is 0.905. The lowest BCUT2D eigenvalue weighted by Gasteiger charge is -2.21. The summed E-state index contributed by atoms with van der Waals surface area (Å²) >= 11 is 0. The molecule has 1 aliphatic carbocycles. The van der Waals surface area contributed by atoms with Gasteiger partial charge in [0, 0.05) is 13.1 Å². The second kappa shape index (κ2) is 6.33. The zero-order chi connectivity index (χ0) is 14.6. The van der Waals surface area contributed by atoms with Crippen molar-refractivity contribution in [1.82, 2.24) is 4.98 Å². The molecule has 0 atom stereocenters. The van der Waals surface area contributed by atoms with E-state index in [0.717, 1.165) is 25.0 Å². The molecule has 0 aromatic carbocycles. The van der Waals surface area contributed by atoms with Crippen LogP contribution in [0.4, 0.5) is 19.0 Å². The zero-order valence-electron chi connectivity index (χ0n) is 11.5. The molecule has 0 unspecified atom stereocenters. The first kappa shape index (κ1) is 14.9. The molecule has 1 N–H and O–H groups in total. The van der Waals surface area contributed by atoms with Gasteiger partial charge >= 0.3 is 6.18 Å². The standard InChI is InChI=1S/C14H19F3N2O/c1-18-12-7-11(14(15,16)17)8-13(19-12)20-9-10-5-3-2-4-6-10/h7-8,10H,2-6,9H2,1H3,(H,18,19). The van der Waals surface area contributed by atoms with Crippen LogP contribution in [-0.2, 0) is 6.18 Å². The lowest BCUT2D eigenvalue weighted by molar-refractivity contribution is -0.137. The Kier molecular flexibility index (Phi) is 4.73. The van der Waals surface area contributed by atoms with E-state index in [9.17, 15) is 13.2 Å². The molecular weight excluding hydrogens is 269 g/mol. The third-order valence-electron chi connectivity index (χ3n) is 3.58. The maximum atomic E-state index is 12.8. The molecule has 20 heavy (non-hydrogen) atoms. The van der Waals surface area contributed by atoms with Crippen LogP contribution in [0.3, 0.4) is 0 Å². The van der Waals surface area contributed by atoms with E-state index in [1.54, 1.807) is 0 Å². The van der Waals surface area contributed by atoms with Gasteiger partial charge in [0.15, 0.2) is 0 Å². The molecule has 0 bridgehead atoms. The molecule has 0 aliphatic heterocycles. The Morgan fingerprint density at radius 2 is 1.95 bits per heavy atom. The second-order valence-corrected chi connectivity index (χ2v) is 5.14. The average molecular weight is 288 g/mol. The first-order valence-corrected chi connectivity index (χ1v) is 6.89. The minimum atomic E-state index is -4.39. The van der Waals surface area contributed by atoms with Crippen LogP contribution < -0.4 is 10.1 Å². The summed E-state index contributed by atoms with van der Waals surface area (Å²) in [6.45, 7) is 0.442. The predicted octanol–water partition coefficient (Wildman–Crippen LogP) is 4.10. The van der Waals surface area contributed by atoms with Crippen molar-refractivity contribution in [2.24, 2.45) is 5.92 Å². The molecule has 2 rings (SSSR count). The van der Waals surface area contributed by atoms with Gasteiger partial charge < -0.3 is 10.1 Å². The number of aromatic nitrogens is 1. The van der Waals surface area contributed by atoms with Gasteiger partial charge in [0.25, 0.3) is 0 Å². The molecule has 0 radical (unpaired) electrons. The Hall–Kier alpha value is -1.46. The Morgan fingerprint density at radius 1 is 1.25 bits per heavy atom.